The van der Waals surface area contributed by atoms with Gasteiger partial charge in [-0.1, -0.05) is 204 Å². The summed E-state index contributed by atoms with van der Waals surface area (Å²) in [7, 11) is 0. The molecule has 0 heterocycles. The molecule has 0 aromatic heterocycles. The fourth-order valence-electron chi connectivity index (χ4n) is 8.67. The third-order valence-corrected chi connectivity index (χ3v) is 11.6. The Hall–Kier alpha value is -7.08. The second-order valence-corrected chi connectivity index (χ2v) is 17.0. The summed E-state index contributed by atoms with van der Waals surface area (Å²) in [5, 5.41) is 44.7. The van der Waals surface area contributed by atoms with Gasteiger partial charge in [-0.25, -0.2) is 0 Å². The first-order valence-corrected chi connectivity index (χ1v) is 21.7. The molecule has 0 aliphatic heterocycles. The molecule has 0 fully saturated rings. The Bertz CT molecular complexity index is 2540. The van der Waals surface area contributed by atoms with Gasteiger partial charge in [0.05, 0.1) is 0 Å². The summed E-state index contributed by atoms with van der Waals surface area (Å²) in [4.78, 5) is 0. The van der Waals surface area contributed by atoms with Crippen LogP contribution < -0.4 is 5.11 Å². The van der Waals surface area contributed by atoms with E-state index in [9.17, 15) is 20.4 Å². The summed E-state index contributed by atoms with van der Waals surface area (Å²) in [5.41, 5.74) is 12.6. The van der Waals surface area contributed by atoms with E-state index in [1.165, 1.54) is 22.3 Å². The average molecular weight is 832 g/mol. The molecule has 0 saturated heterocycles. The van der Waals surface area contributed by atoms with Crippen LogP contribution in [0.15, 0.2) is 188 Å². The summed E-state index contributed by atoms with van der Waals surface area (Å²) in [6.45, 7) is 9.87. The highest BCUT2D eigenvalue weighted by atomic mass is 16.3. The molecule has 0 aliphatic rings. The van der Waals surface area contributed by atoms with Crippen molar-refractivity contribution in [1.29, 1.82) is 0 Å². The standard InChI is InChI=1S/C30H30O4.C28H28N/c1-18-7-9-27(31)23(11-18)15-21-5-4-6-22(29(21)33)16-25-13-20(3)14-26(30(25)34)17-24-12-19(2)8-10-28(24)32;1-5-13-25(14-6-1)21-29(22-26-15-7-2-8-16-26,23-27-17-9-3-10-18-27)24-28-19-11-4-12-20-28/h4-14,31-34H,15-17H2,1-3H3;1-20H,21-24H2/q;+1/p-1. The Kier molecular flexibility index (Phi) is 14.4. The van der Waals surface area contributed by atoms with E-state index in [1.807, 2.05) is 63.2 Å². The van der Waals surface area contributed by atoms with Crippen LogP contribution in [-0.4, -0.2) is 19.8 Å². The van der Waals surface area contributed by atoms with Crippen LogP contribution in [0.25, 0.3) is 0 Å². The third kappa shape index (κ3) is 12.1. The number of quaternary nitrogens is 1. The third-order valence-electron chi connectivity index (χ3n) is 11.6. The largest absolute Gasteiger partial charge is 0.872 e. The Morgan fingerprint density at radius 2 is 0.667 bits per heavy atom. The molecule has 5 nitrogen and oxygen atoms in total. The van der Waals surface area contributed by atoms with Crippen molar-refractivity contribution in [3.8, 4) is 23.0 Å². The lowest BCUT2D eigenvalue weighted by Gasteiger charge is -2.39. The number of para-hydroxylation sites is 1. The lowest BCUT2D eigenvalue weighted by atomic mass is 9.93. The van der Waals surface area contributed by atoms with E-state index in [1.54, 1.807) is 24.3 Å². The molecule has 8 aromatic carbocycles. The number of hydrogen-bond donors (Lipinski definition) is 3. The van der Waals surface area contributed by atoms with Gasteiger partial charge in [-0.15, -0.1) is 5.75 Å². The van der Waals surface area contributed by atoms with E-state index in [4.69, 9.17) is 0 Å². The quantitative estimate of drug-likeness (QED) is 0.0953. The summed E-state index contributed by atoms with van der Waals surface area (Å²) >= 11 is 0. The number of phenols is 3. The molecule has 0 bridgehead atoms. The molecule has 0 aliphatic carbocycles. The highest BCUT2D eigenvalue weighted by Gasteiger charge is 2.29. The van der Waals surface area contributed by atoms with Crippen molar-refractivity contribution >= 4 is 0 Å². The lowest BCUT2D eigenvalue weighted by molar-refractivity contribution is -0.978. The van der Waals surface area contributed by atoms with E-state index in [2.05, 4.69) is 121 Å². The van der Waals surface area contributed by atoms with Crippen molar-refractivity contribution in [3.05, 3.63) is 260 Å². The first-order valence-electron chi connectivity index (χ1n) is 21.7. The number of benzene rings is 8. The molecule has 0 atom stereocenters. The molecule has 3 N–H and O–H groups in total. The van der Waals surface area contributed by atoms with E-state index in [0.717, 1.165) is 52.9 Å². The zero-order valence-corrected chi connectivity index (χ0v) is 36.5. The molecule has 318 valence electrons. The number of aromatic hydroxyl groups is 3. The van der Waals surface area contributed by atoms with Crippen LogP contribution in [-0.2, 0) is 45.4 Å². The van der Waals surface area contributed by atoms with Gasteiger partial charge in [-0.2, -0.15) is 0 Å². The molecule has 8 rings (SSSR count). The van der Waals surface area contributed by atoms with Crippen LogP contribution in [0.1, 0.15) is 72.3 Å². The zero-order chi connectivity index (χ0) is 44.2. The molecule has 8 aromatic rings. The van der Waals surface area contributed by atoms with Crippen LogP contribution in [0.4, 0.5) is 0 Å². The maximum atomic E-state index is 13.2. The molecule has 0 saturated carbocycles. The predicted octanol–water partition coefficient (Wildman–Crippen LogP) is 12.2. The Balaban J connectivity index is 0.000000191. The maximum absolute atomic E-state index is 13.2. The molecule has 0 spiro atoms. The molecular weight excluding hydrogens is 775 g/mol. The molecule has 63 heavy (non-hydrogen) atoms. The molecule has 0 amide bonds. The SMILES string of the molecule is Cc1ccc(O)c(Cc2cccc(Cc3cc(C)cc(Cc4cc(C)ccc4O)c3O)c2[O-])c1.c1ccc(C[N+](Cc2ccccc2)(Cc2ccccc2)Cc2ccccc2)cc1. The van der Waals surface area contributed by atoms with Crippen molar-refractivity contribution in [2.45, 2.75) is 66.2 Å². The van der Waals surface area contributed by atoms with Gasteiger partial charge in [0.2, 0.25) is 0 Å². The van der Waals surface area contributed by atoms with Gasteiger partial charge in [-0.3, -0.25) is 0 Å². The topological polar surface area (TPSA) is 83.8 Å². The van der Waals surface area contributed by atoms with Gasteiger partial charge < -0.3 is 24.9 Å². The van der Waals surface area contributed by atoms with Crippen molar-refractivity contribution in [1.82, 2.24) is 0 Å². The van der Waals surface area contributed by atoms with Crippen molar-refractivity contribution < 1.29 is 24.9 Å². The molecule has 0 unspecified atom stereocenters. The Morgan fingerprint density at radius 3 is 1.03 bits per heavy atom. The van der Waals surface area contributed by atoms with Gasteiger partial charge in [0.25, 0.3) is 0 Å². The smallest absolute Gasteiger partial charge is 0.122 e. The monoisotopic (exact) mass is 831 g/mol. The van der Waals surface area contributed by atoms with Crippen molar-refractivity contribution in [3.63, 3.8) is 0 Å². The van der Waals surface area contributed by atoms with Gasteiger partial charge in [0.1, 0.15) is 43.4 Å². The van der Waals surface area contributed by atoms with Crippen LogP contribution in [0.5, 0.6) is 23.0 Å². The van der Waals surface area contributed by atoms with E-state index >= 15 is 0 Å². The lowest BCUT2D eigenvalue weighted by Crippen LogP contribution is -2.45. The van der Waals surface area contributed by atoms with Crippen LogP contribution in [0, 0.1) is 20.8 Å². The van der Waals surface area contributed by atoms with E-state index < -0.39 is 0 Å². The van der Waals surface area contributed by atoms with Gasteiger partial charge in [0, 0.05) is 41.5 Å². The zero-order valence-electron chi connectivity index (χ0n) is 36.5. The Labute approximate surface area is 373 Å². The minimum Gasteiger partial charge on any atom is -0.872 e. The predicted molar refractivity (Wildman–Crippen MR) is 254 cm³/mol. The second-order valence-electron chi connectivity index (χ2n) is 17.0. The number of hydrogen-bond acceptors (Lipinski definition) is 4. The normalized spacial score (nSPS) is 11.2. The minimum atomic E-state index is -0.0813. The maximum Gasteiger partial charge on any atom is 0.122 e. The second kappa shape index (κ2) is 20.7. The first-order chi connectivity index (χ1) is 30.5. The Morgan fingerprint density at radius 1 is 0.349 bits per heavy atom. The first kappa shape index (κ1) is 44.0. The number of phenolic OH excluding ortho intramolecular Hbond substituents is 3. The number of rotatable bonds is 14. The van der Waals surface area contributed by atoms with Crippen LogP contribution in [0.3, 0.4) is 0 Å². The summed E-state index contributed by atoms with van der Waals surface area (Å²) in [6, 6.07) is 63.7. The summed E-state index contributed by atoms with van der Waals surface area (Å²) in [6.07, 6.45) is 1.04. The fraction of sp³-hybridized carbons (Fsp3) is 0.172. The molecule has 5 heteroatoms. The number of aryl methyl sites for hydroxylation is 3. The van der Waals surface area contributed by atoms with Crippen molar-refractivity contribution in [2.75, 3.05) is 0 Å². The van der Waals surface area contributed by atoms with E-state index in [-0.39, 0.29) is 23.0 Å². The fourth-order valence-corrected chi connectivity index (χ4v) is 8.67. The van der Waals surface area contributed by atoms with Crippen LogP contribution >= 0.6 is 0 Å². The summed E-state index contributed by atoms with van der Waals surface area (Å²) < 4.78 is 0.960. The van der Waals surface area contributed by atoms with Crippen molar-refractivity contribution in [2.24, 2.45) is 0 Å². The molecular formula is C58H57NO4. The van der Waals surface area contributed by atoms with Gasteiger partial charge in [0.15, 0.2) is 0 Å². The van der Waals surface area contributed by atoms with Gasteiger partial charge >= 0.3 is 0 Å². The molecule has 0 radical (unpaired) electrons. The van der Waals surface area contributed by atoms with E-state index in [0.29, 0.717) is 47.1 Å². The number of nitrogens with zero attached hydrogens (tertiary/aromatic N) is 1. The minimum absolute atomic E-state index is 0.0813. The average Bonchev–Trinajstić information content (AvgIpc) is 3.28. The highest BCUT2D eigenvalue weighted by Crippen LogP contribution is 2.34. The highest BCUT2D eigenvalue weighted by molar-refractivity contribution is 5.52. The summed E-state index contributed by atoms with van der Waals surface area (Å²) in [5.74, 6) is 0.438. The van der Waals surface area contributed by atoms with Crippen LogP contribution in [0.2, 0.25) is 0 Å². The van der Waals surface area contributed by atoms with Gasteiger partial charge in [-0.05, 0) is 55.2 Å².